The number of isothiocyanates is 1. The Morgan fingerprint density at radius 1 is 1.43 bits per heavy atom. The van der Waals surface area contributed by atoms with Crippen LogP contribution in [0.15, 0.2) is 17.1 Å². The zero-order chi connectivity index (χ0) is 10.7. The highest BCUT2D eigenvalue weighted by atomic mass is 32.1. The standard InChI is InChI=1S/C9H8N2O2S/c1-6-3-8(11(12)13)4-7(2)9(6)10-5-14/h3-4H,1-2H3. The quantitative estimate of drug-likeness (QED) is 0.325. The molecule has 0 saturated heterocycles. The van der Waals surface area contributed by atoms with E-state index < -0.39 is 4.92 Å². The minimum Gasteiger partial charge on any atom is -0.258 e. The molecule has 0 heterocycles. The van der Waals surface area contributed by atoms with E-state index in [1.54, 1.807) is 13.8 Å². The van der Waals surface area contributed by atoms with Crippen LogP contribution in [-0.2, 0) is 0 Å². The van der Waals surface area contributed by atoms with Crippen LogP contribution in [0.5, 0.6) is 0 Å². The first-order chi connectivity index (χ1) is 6.56. The van der Waals surface area contributed by atoms with Crippen molar-refractivity contribution in [2.24, 2.45) is 4.99 Å². The maximum Gasteiger partial charge on any atom is 0.270 e. The maximum atomic E-state index is 10.5. The topological polar surface area (TPSA) is 55.5 Å². The van der Waals surface area contributed by atoms with Crippen LogP contribution in [0.25, 0.3) is 0 Å². The summed E-state index contributed by atoms with van der Waals surface area (Å²) in [7, 11) is 0. The van der Waals surface area contributed by atoms with Gasteiger partial charge >= 0.3 is 0 Å². The molecule has 0 N–H and O–H groups in total. The molecule has 0 aromatic heterocycles. The van der Waals surface area contributed by atoms with Crippen LogP contribution in [0, 0.1) is 24.0 Å². The van der Waals surface area contributed by atoms with Crippen LogP contribution >= 0.6 is 12.2 Å². The third-order valence-corrected chi connectivity index (χ3v) is 1.94. The van der Waals surface area contributed by atoms with E-state index in [1.807, 2.05) is 0 Å². The van der Waals surface area contributed by atoms with Crippen LogP contribution < -0.4 is 0 Å². The maximum absolute atomic E-state index is 10.5. The van der Waals surface area contributed by atoms with Gasteiger partial charge in [-0.15, -0.1) is 0 Å². The summed E-state index contributed by atoms with van der Waals surface area (Å²) in [4.78, 5) is 13.9. The fourth-order valence-corrected chi connectivity index (χ4v) is 1.35. The smallest absolute Gasteiger partial charge is 0.258 e. The molecule has 0 bridgehead atoms. The molecule has 0 saturated carbocycles. The molecule has 5 heteroatoms. The van der Waals surface area contributed by atoms with Gasteiger partial charge in [0.25, 0.3) is 5.69 Å². The Morgan fingerprint density at radius 2 is 1.93 bits per heavy atom. The Bertz CT molecular complexity index is 413. The van der Waals surface area contributed by atoms with Crippen molar-refractivity contribution in [3.63, 3.8) is 0 Å². The van der Waals surface area contributed by atoms with Crippen LogP contribution in [0.3, 0.4) is 0 Å². The average Bonchev–Trinajstić information content (AvgIpc) is 2.10. The summed E-state index contributed by atoms with van der Waals surface area (Å²) in [6.45, 7) is 3.51. The minimum atomic E-state index is -0.426. The van der Waals surface area contributed by atoms with Gasteiger partial charge in [-0.1, -0.05) is 0 Å². The van der Waals surface area contributed by atoms with Crippen molar-refractivity contribution in [3.8, 4) is 0 Å². The average molecular weight is 208 g/mol. The summed E-state index contributed by atoms with van der Waals surface area (Å²) in [6, 6.07) is 2.94. The van der Waals surface area contributed by atoms with Crippen LogP contribution in [0.1, 0.15) is 11.1 Å². The summed E-state index contributed by atoms with van der Waals surface area (Å²) < 4.78 is 0. The first-order valence-corrected chi connectivity index (χ1v) is 4.30. The monoisotopic (exact) mass is 208 g/mol. The number of rotatable bonds is 2. The van der Waals surface area contributed by atoms with Crippen LogP contribution in [0.2, 0.25) is 0 Å². The fraction of sp³-hybridized carbons (Fsp3) is 0.222. The lowest BCUT2D eigenvalue weighted by Gasteiger charge is -2.02. The Hall–Kier alpha value is -1.58. The van der Waals surface area contributed by atoms with Gasteiger partial charge in [-0.25, -0.2) is 0 Å². The van der Waals surface area contributed by atoms with Crippen molar-refractivity contribution < 1.29 is 4.92 Å². The molecule has 1 aromatic rings. The molecule has 1 rings (SSSR count). The third-order valence-electron chi connectivity index (χ3n) is 1.84. The molecule has 1 aromatic carbocycles. The molecule has 0 fully saturated rings. The lowest BCUT2D eigenvalue weighted by molar-refractivity contribution is -0.384. The lowest BCUT2D eigenvalue weighted by atomic mass is 10.1. The molecule has 14 heavy (non-hydrogen) atoms. The Morgan fingerprint density at radius 3 is 2.29 bits per heavy atom. The van der Waals surface area contributed by atoms with Crippen LogP contribution in [-0.4, -0.2) is 10.1 Å². The van der Waals surface area contributed by atoms with E-state index in [1.165, 1.54) is 12.1 Å². The number of benzene rings is 1. The molecule has 0 radical (unpaired) electrons. The molecular weight excluding hydrogens is 200 g/mol. The second-order valence-electron chi connectivity index (χ2n) is 2.89. The number of hydrogen-bond donors (Lipinski definition) is 0. The zero-order valence-electron chi connectivity index (χ0n) is 7.77. The number of aryl methyl sites for hydroxylation is 2. The van der Waals surface area contributed by atoms with E-state index in [2.05, 4.69) is 22.4 Å². The summed E-state index contributed by atoms with van der Waals surface area (Å²) in [5.41, 5.74) is 2.19. The highest BCUT2D eigenvalue weighted by molar-refractivity contribution is 7.78. The lowest BCUT2D eigenvalue weighted by Crippen LogP contribution is -1.90. The van der Waals surface area contributed by atoms with E-state index in [4.69, 9.17) is 0 Å². The Kier molecular flexibility index (Phi) is 3.06. The molecule has 72 valence electrons. The molecule has 0 amide bonds. The third kappa shape index (κ3) is 2.02. The summed E-state index contributed by atoms with van der Waals surface area (Å²) >= 11 is 4.49. The number of nitrogens with zero attached hydrogens (tertiary/aromatic N) is 2. The highest BCUT2D eigenvalue weighted by Crippen LogP contribution is 2.27. The summed E-state index contributed by atoms with van der Waals surface area (Å²) in [5, 5.41) is 12.8. The van der Waals surface area contributed by atoms with Crippen molar-refractivity contribution in [2.75, 3.05) is 0 Å². The number of non-ortho nitro benzene ring substituents is 1. The fourth-order valence-electron chi connectivity index (χ4n) is 1.26. The number of hydrogen-bond acceptors (Lipinski definition) is 4. The van der Waals surface area contributed by atoms with E-state index in [-0.39, 0.29) is 5.69 Å². The number of aliphatic imine (C=N–C) groups is 1. The number of nitro groups is 1. The van der Waals surface area contributed by atoms with Gasteiger partial charge in [0.1, 0.15) is 0 Å². The summed E-state index contributed by atoms with van der Waals surface area (Å²) in [6.07, 6.45) is 0. The molecular formula is C9H8N2O2S. The van der Waals surface area contributed by atoms with Gasteiger partial charge in [0.2, 0.25) is 0 Å². The molecule has 4 nitrogen and oxygen atoms in total. The van der Waals surface area contributed by atoms with E-state index in [9.17, 15) is 10.1 Å². The van der Waals surface area contributed by atoms with E-state index in [0.29, 0.717) is 5.69 Å². The predicted octanol–water partition coefficient (Wildman–Crippen LogP) is 2.95. The van der Waals surface area contributed by atoms with Gasteiger partial charge in [0, 0.05) is 12.1 Å². The Balaban J connectivity index is 3.39. The van der Waals surface area contributed by atoms with Crippen molar-refractivity contribution in [1.82, 2.24) is 0 Å². The molecule has 0 aliphatic rings. The largest absolute Gasteiger partial charge is 0.270 e. The van der Waals surface area contributed by atoms with E-state index >= 15 is 0 Å². The normalized spacial score (nSPS) is 9.29. The van der Waals surface area contributed by atoms with Gasteiger partial charge in [-0.2, -0.15) is 4.99 Å². The van der Waals surface area contributed by atoms with Gasteiger partial charge in [-0.05, 0) is 37.2 Å². The van der Waals surface area contributed by atoms with Gasteiger partial charge in [0.15, 0.2) is 0 Å². The van der Waals surface area contributed by atoms with Crippen molar-refractivity contribution in [3.05, 3.63) is 33.4 Å². The minimum absolute atomic E-state index is 0.0725. The molecule has 0 aliphatic carbocycles. The predicted molar refractivity (Wildman–Crippen MR) is 57.3 cm³/mol. The van der Waals surface area contributed by atoms with E-state index in [0.717, 1.165) is 11.1 Å². The second-order valence-corrected chi connectivity index (χ2v) is 3.07. The van der Waals surface area contributed by atoms with Crippen LogP contribution in [0.4, 0.5) is 11.4 Å². The first-order valence-electron chi connectivity index (χ1n) is 3.89. The Labute approximate surface area is 86.4 Å². The zero-order valence-corrected chi connectivity index (χ0v) is 8.59. The van der Waals surface area contributed by atoms with Gasteiger partial charge < -0.3 is 0 Å². The highest BCUT2D eigenvalue weighted by Gasteiger charge is 2.10. The molecule has 0 atom stereocenters. The van der Waals surface area contributed by atoms with Gasteiger partial charge in [0.05, 0.1) is 15.8 Å². The summed E-state index contributed by atoms with van der Waals surface area (Å²) in [5.74, 6) is 0. The number of thiocarbonyl (C=S) groups is 1. The SMILES string of the molecule is Cc1cc([N+](=O)[O-])cc(C)c1N=C=S. The molecule has 0 spiro atoms. The molecule has 0 unspecified atom stereocenters. The van der Waals surface area contributed by atoms with Crippen molar-refractivity contribution in [1.29, 1.82) is 0 Å². The van der Waals surface area contributed by atoms with Crippen molar-refractivity contribution >= 4 is 28.8 Å². The second kappa shape index (κ2) is 4.09. The molecule has 0 aliphatic heterocycles. The van der Waals surface area contributed by atoms with Crippen molar-refractivity contribution in [2.45, 2.75) is 13.8 Å². The first kappa shape index (κ1) is 10.5. The number of nitro benzene ring substituents is 1. The van der Waals surface area contributed by atoms with Gasteiger partial charge in [-0.3, -0.25) is 10.1 Å².